The summed E-state index contributed by atoms with van der Waals surface area (Å²) in [4.78, 5) is 10.6. The number of thiophene rings is 1. The van der Waals surface area contributed by atoms with Crippen molar-refractivity contribution < 1.29 is 0 Å². The van der Waals surface area contributed by atoms with Crippen LogP contribution in [0.2, 0.25) is 0 Å². The lowest BCUT2D eigenvalue weighted by atomic mass is 9.74. The van der Waals surface area contributed by atoms with E-state index in [1.807, 2.05) is 12.3 Å². The van der Waals surface area contributed by atoms with Gasteiger partial charge in [0.1, 0.15) is 0 Å². The van der Waals surface area contributed by atoms with Gasteiger partial charge in [-0.15, -0.1) is 11.3 Å². The van der Waals surface area contributed by atoms with Crippen LogP contribution in [-0.2, 0) is 6.42 Å². The maximum Gasteiger partial charge on any atom is 0.169 e. The van der Waals surface area contributed by atoms with E-state index in [-0.39, 0.29) is 5.41 Å². The summed E-state index contributed by atoms with van der Waals surface area (Å²) in [6, 6.07) is 4.50. The zero-order valence-corrected chi connectivity index (χ0v) is 15.0. The van der Waals surface area contributed by atoms with Crippen molar-refractivity contribution in [1.82, 2.24) is 15.3 Å². The third-order valence-electron chi connectivity index (χ3n) is 3.92. The molecule has 0 spiro atoms. The molecule has 1 N–H and O–H groups in total. The molecule has 2 heterocycles. The van der Waals surface area contributed by atoms with Gasteiger partial charge in [0, 0.05) is 23.5 Å². The van der Waals surface area contributed by atoms with Crippen LogP contribution in [0.4, 0.5) is 0 Å². The lowest BCUT2D eigenvalue weighted by Crippen LogP contribution is -2.34. The maximum atomic E-state index is 4.86. The van der Waals surface area contributed by atoms with Gasteiger partial charge in [-0.25, -0.2) is 9.97 Å². The Bertz CT molecular complexity index is 651. The Morgan fingerprint density at radius 3 is 2.90 bits per heavy atom. The van der Waals surface area contributed by atoms with Crippen LogP contribution in [0.5, 0.6) is 0 Å². The summed E-state index contributed by atoms with van der Waals surface area (Å²) < 4.78 is 1.12. The van der Waals surface area contributed by atoms with Crippen LogP contribution in [0.3, 0.4) is 0 Å². The summed E-state index contributed by atoms with van der Waals surface area (Å²) in [6.45, 7) is 7.77. The number of rotatable bonds is 3. The minimum atomic E-state index is 0.279. The monoisotopic (exact) mass is 365 g/mol. The zero-order chi connectivity index (χ0) is 15.0. The number of hydrogen-bond donors (Lipinski definition) is 1. The molecule has 5 heteroatoms. The zero-order valence-electron chi connectivity index (χ0n) is 12.6. The summed E-state index contributed by atoms with van der Waals surface area (Å²) in [7, 11) is 0. The summed E-state index contributed by atoms with van der Waals surface area (Å²) in [5.74, 6) is 0.845. The standard InChI is InChI=1S/C16H20BrN3S/c1-4-18-11-7-16(2,3)8-12-10(11)9-19-15(20-12)13-5-6-14(17)21-13/h5-6,9,11,18H,4,7-8H2,1-3H3. The van der Waals surface area contributed by atoms with Crippen LogP contribution in [0.1, 0.15) is 44.5 Å². The topological polar surface area (TPSA) is 37.8 Å². The highest BCUT2D eigenvalue weighted by Crippen LogP contribution is 2.40. The van der Waals surface area contributed by atoms with Crippen molar-refractivity contribution in [2.45, 2.75) is 39.7 Å². The average Bonchev–Trinajstić information content (AvgIpc) is 2.84. The van der Waals surface area contributed by atoms with E-state index in [1.165, 1.54) is 11.3 Å². The molecule has 1 unspecified atom stereocenters. The fourth-order valence-corrected chi connectivity index (χ4v) is 4.36. The number of aromatic nitrogens is 2. The molecule has 0 fully saturated rings. The molecule has 21 heavy (non-hydrogen) atoms. The third-order valence-corrected chi connectivity index (χ3v) is 5.54. The second-order valence-electron chi connectivity index (χ2n) is 6.35. The van der Waals surface area contributed by atoms with Crippen LogP contribution in [-0.4, -0.2) is 16.5 Å². The average molecular weight is 366 g/mol. The number of halogens is 1. The Kier molecular flexibility index (Phi) is 4.17. The van der Waals surface area contributed by atoms with E-state index >= 15 is 0 Å². The SMILES string of the molecule is CCNC1CC(C)(C)Cc2nc(-c3ccc(Br)s3)ncc21. The summed E-state index contributed by atoms with van der Waals surface area (Å²) in [6.07, 6.45) is 4.18. The molecule has 0 amide bonds. The van der Waals surface area contributed by atoms with Crippen LogP contribution in [0.15, 0.2) is 22.1 Å². The van der Waals surface area contributed by atoms with E-state index in [4.69, 9.17) is 4.98 Å². The number of nitrogens with one attached hydrogen (secondary N) is 1. The van der Waals surface area contributed by atoms with Gasteiger partial charge in [-0.3, -0.25) is 0 Å². The van der Waals surface area contributed by atoms with Gasteiger partial charge in [-0.2, -0.15) is 0 Å². The lowest BCUT2D eigenvalue weighted by molar-refractivity contribution is 0.255. The largest absolute Gasteiger partial charge is 0.310 e. The van der Waals surface area contributed by atoms with Crippen LogP contribution in [0.25, 0.3) is 10.7 Å². The van der Waals surface area contributed by atoms with Crippen LogP contribution < -0.4 is 5.32 Å². The first-order chi connectivity index (χ1) is 9.98. The van der Waals surface area contributed by atoms with E-state index in [9.17, 15) is 0 Å². The molecular weight excluding hydrogens is 346 g/mol. The molecule has 0 bridgehead atoms. The molecule has 1 aliphatic carbocycles. The van der Waals surface area contributed by atoms with Gasteiger partial charge >= 0.3 is 0 Å². The Morgan fingerprint density at radius 1 is 1.43 bits per heavy atom. The minimum Gasteiger partial charge on any atom is -0.310 e. The molecule has 0 aliphatic heterocycles. The molecule has 0 radical (unpaired) electrons. The maximum absolute atomic E-state index is 4.86. The van der Waals surface area contributed by atoms with E-state index in [1.54, 1.807) is 11.3 Å². The highest BCUT2D eigenvalue weighted by Gasteiger charge is 2.33. The first kappa shape index (κ1) is 15.1. The number of fused-ring (bicyclic) bond motifs is 1. The Hall–Kier alpha value is -0.780. The van der Waals surface area contributed by atoms with Crippen molar-refractivity contribution in [2.75, 3.05) is 6.54 Å². The summed E-state index contributed by atoms with van der Waals surface area (Å²) in [5.41, 5.74) is 2.75. The Morgan fingerprint density at radius 2 is 2.24 bits per heavy atom. The molecule has 0 saturated carbocycles. The fourth-order valence-electron chi connectivity index (χ4n) is 3.03. The van der Waals surface area contributed by atoms with Gasteiger partial charge in [0.2, 0.25) is 0 Å². The highest BCUT2D eigenvalue weighted by atomic mass is 79.9. The molecule has 0 saturated heterocycles. The lowest BCUT2D eigenvalue weighted by Gasteiger charge is -2.36. The molecule has 112 valence electrons. The molecule has 2 aromatic rings. The van der Waals surface area contributed by atoms with Crippen LogP contribution in [0, 0.1) is 5.41 Å². The molecule has 1 atom stereocenters. The van der Waals surface area contributed by atoms with E-state index in [2.05, 4.69) is 53.1 Å². The molecule has 0 aromatic carbocycles. The first-order valence-corrected chi connectivity index (χ1v) is 8.94. The van der Waals surface area contributed by atoms with E-state index < -0.39 is 0 Å². The second kappa shape index (κ2) is 5.78. The number of nitrogens with zero attached hydrogens (tertiary/aromatic N) is 2. The predicted molar refractivity (Wildman–Crippen MR) is 91.6 cm³/mol. The van der Waals surface area contributed by atoms with Gasteiger partial charge < -0.3 is 5.32 Å². The van der Waals surface area contributed by atoms with Crippen molar-refractivity contribution in [3.05, 3.63) is 33.4 Å². The molecule has 3 nitrogen and oxygen atoms in total. The Balaban J connectivity index is 2.00. The summed E-state index contributed by atoms with van der Waals surface area (Å²) >= 11 is 5.18. The smallest absolute Gasteiger partial charge is 0.169 e. The van der Waals surface area contributed by atoms with E-state index in [0.29, 0.717) is 6.04 Å². The van der Waals surface area contributed by atoms with Crippen LogP contribution >= 0.6 is 27.3 Å². The molecule has 1 aliphatic rings. The van der Waals surface area contributed by atoms with Crippen molar-refractivity contribution in [3.8, 4) is 10.7 Å². The van der Waals surface area contributed by atoms with Crippen molar-refractivity contribution in [3.63, 3.8) is 0 Å². The quantitative estimate of drug-likeness (QED) is 0.863. The van der Waals surface area contributed by atoms with Gasteiger partial charge in [0.05, 0.1) is 8.66 Å². The predicted octanol–water partition coefficient (Wildman–Crippen LogP) is 4.59. The van der Waals surface area contributed by atoms with Gasteiger partial charge in [0.15, 0.2) is 5.82 Å². The second-order valence-corrected chi connectivity index (χ2v) is 8.82. The highest BCUT2D eigenvalue weighted by molar-refractivity contribution is 9.11. The van der Waals surface area contributed by atoms with E-state index in [0.717, 1.165) is 33.9 Å². The number of hydrogen-bond acceptors (Lipinski definition) is 4. The van der Waals surface area contributed by atoms with Gasteiger partial charge in [-0.05, 0) is 52.9 Å². The molecule has 3 rings (SSSR count). The fraction of sp³-hybridized carbons (Fsp3) is 0.500. The van der Waals surface area contributed by atoms with Gasteiger partial charge in [0.25, 0.3) is 0 Å². The first-order valence-electron chi connectivity index (χ1n) is 7.33. The Labute approximate surface area is 138 Å². The van der Waals surface area contributed by atoms with Gasteiger partial charge in [-0.1, -0.05) is 20.8 Å². The summed E-state index contributed by atoms with van der Waals surface area (Å²) in [5, 5.41) is 3.57. The van der Waals surface area contributed by atoms with Crippen molar-refractivity contribution in [2.24, 2.45) is 5.41 Å². The van der Waals surface area contributed by atoms with Crippen molar-refractivity contribution >= 4 is 27.3 Å². The van der Waals surface area contributed by atoms with Crippen molar-refractivity contribution in [1.29, 1.82) is 0 Å². The normalized spacial score (nSPS) is 20.3. The third kappa shape index (κ3) is 3.20. The minimum absolute atomic E-state index is 0.279. The molecule has 2 aromatic heterocycles. The molecular formula is C16H20BrN3S.